The zero-order chi connectivity index (χ0) is 29.1. The molecule has 1 saturated heterocycles. The van der Waals surface area contributed by atoms with Crippen molar-refractivity contribution in [2.24, 2.45) is 0 Å². The first-order valence-electron chi connectivity index (χ1n) is 13.2. The molecule has 0 aliphatic carbocycles. The zero-order valence-electron chi connectivity index (χ0n) is 23.3. The van der Waals surface area contributed by atoms with Crippen LogP contribution in [0.4, 0.5) is 21.3 Å². The van der Waals surface area contributed by atoms with Crippen molar-refractivity contribution in [2.45, 2.75) is 33.3 Å². The van der Waals surface area contributed by atoms with E-state index in [-0.39, 0.29) is 17.9 Å². The molecule has 0 spiro atoms. The molecule has 3 heterocycles. The van der Waals surface area contributed by atoms with Crippen molar-refractivity contribution < 1.29 is 19.1 Å². The van der Waals surface area contributed by atoms with Crippen molar-refractivity contribution in [3.05, 3.63) is 71.5 Å². The Morgan fingerprint density at radius 3 is 2.39 bits per heavy atom. The number of carbonyl (C=O) groups is 3. The van der Waals surface area contributed by atoms with E-state index in [1.807, 2.05) is 45.0 Å². The van der Waals surface area contributed by atoms with Gasteiger partial charge in [-0.3, -0.25) is 14.6 Å². The van der Waals surface area contributed by atoms with E-state index in [1.54, 1.807) is 47.2 Å². The molecule has 41 heavy (non-hydrogen) atoms. The van der Waals surface area contributed by atoms with Crippen LogP contribution in [-0.4, -0.2) is 73.8 Å². The molecule has 0 radical (unpaired) electrons. The van der Waals surface area contributed by atoms with E-state index in [0.29, 0.717) is 59.5 Å². The lowest BCUT2D eigenvalue weighted by atomic mass is 10.1. The Morgan fingerprint density at radius 1 is 0.951 bits per heavy atom. The first-order valence-corrected chi connectivity index (χ1v) is 14.0. The first-order chi connectivity index (χ1) is 19.6. The molecule has 212 valence electrons. The molecule has 12 heteroatoms. The molecule has 0 atom stereocenters. The summed E-state index contributed by atoms with van der Waals surface area (Å²) in [6.07, 6.45) is 1.23. The van der Waals surface area contributed by atoms with E-state index in [0.717, 1.165) is 22.6 Å². The molecule has 1 fully saturated rings. The molecule has 5 rings (SSSR count). The summed E-state index contributed by atoms with van der Waals surface area (Å²) in [6.45, 7) is 8.79. The lowest BCUT2D eigenvalue weighted by molar-refractivity contribution is 0.0141. The van der Waals surface area contributed by atoms with Crippen LogP contribution in [0.2, 0.25) is 0 Å². The Balaban J connectivity index is 1.24. The van der Waals surface area contributed by atoms with Crippen LogP contribution in [-0.2, 0) is 4.74 Å². The predicted octanol–water partition coefficient (Wildman–Crippen LogP) is 5.08. The number of nitrogens with zero attached hydrogens (tertiary/aromatic N) is 5. The number of anilines is 3. The van der Waals surface area contributed by atoms with Gasteiger partial charge in [-0.1, -0.05) is 18.2 Å². The third-order valence-electron chi connectivity index (χ3n) is 6.37. The molecular weight excluding hydrogens is 542 g/mol. The molecule has 0 bridgehead atoms. The van der Waals surface area contributed by atoms with Gasteiger partial charge in [0.2, 0.25) is 0 Å². The Kier molecular flexibility index (Phi) is 7.84. The highest BCUT2D eigenvalue weighted by atomic mass is 32.1. The standard InChI is InChI=1S/C29H31N7O4S/c1-18-24(26(41-34-18)33-23-17-30-21-10-5-6-11-22(21)32-23)25(37)31-20-9-7-8-19(16-20)27(38)35-12-14-36(15-13-35)28(39)40-29(2,3)4/h5-11,16-17H,12-15H2,1-4H3,(H,31,37)(H,32,33). The molecule has 3 amide bonds. The highest BCUT2D eigenvalue weighted by Crippen LogP contribution is 2.29. The van der Waals surface area contributed by atoms with Crippen LogP contribution in [0.15, 0.2) is 54.7 Å². The topological polar surface area (TPSA) is 130 Å². The summed E-state index contributed by atoms with van der Waals surface area (Å²) in [6, 6.07) is 14.3. The molecule has 2 aromatic carbocycles. The van der Waals surface area contributed by atoms with Crippen molar-refractivity contribution >= 4 is 57.0 Å². The number of carbonyl (C=O) groups excluding carboxylic acids is 3. The minimum atomic E-state index is -0.576. The van der Waals surface area contributed by atoms with E-state index >= 15 is 0 Å². The SMILES string of the molecule is Cc1nsc(Nc2cnc3ccccc3n2)c1C(=O)Nc1cccc(C(=O)N2CCN(C(=O)OC(C)(C)C)CC2)c1. The number of para-hydroxylation sites is 2. The van der Waals surface area contributed by atoms with Gasteiger partial charge in [0.05, 0.1) is 28.5 Å². The van der Waals surface area contributed by atoms with Crippen molar-refractivity contribution in [3.8, 4) is 0 Å². The predicted molar refractivity (Wildman–Crippen MR) is 158 cm³/mol. The fourth-order valence-electron chi connectivity index (χ4n) is 4.38. The van der Waals surface area contributed by atoms with E-state index in [2.05, 4.69) is 25.0 Å². The Labute approximate surface area is 241 Å². The summed E-state index contributed by atoms with van der Waals surface area (Å²) in [7, 11) is 0. The summed E-state index contributed by atoms with van der Waals surface area (Å²) >= 11 is 1.16. The Bertz CT molecular complexity index is 1610. The van der Waals surface area contributed by atoms with E-state index < -0.39 is 5.60 Å². The van der Waals surface area contributed by atoms with Gasteiger partial charge < -0.3 is 25.2 Å². The maximum atomic E-state index is 13.3. The van der Waals surface area contributed by atoms with E-state index in [9.17, 15) is 14.4 Å². The second kappa shape index (κ2) is 11.5. The lowest BCUT2D eigenvalue weighted by Crippen LogP contribution is -2.51. The highest BCUT2D eigenvalue weighted by molar-refractivity contribution is 7.10. The molecule has 11 nitrogen and oxygen atoms in total. The summed E-state index contributed by atoms with van der Waals surface area (Å²) < 4.78 is 9.79. The van der Waals surface area contributed by atoms with Crippen molar-refractivity contribution in [1.29, 1.82) is 0 Å². The third kappa shape index (κ3) is 6.60. The summed E-state index contributed by atoms with van der Waals surface area (Å²) in [5, 5.41) is 6.61. The average Bonchev–Trinajstić information content (AvgIpc) is 3.31. The number of benzene rings is 2. The maximum absolute atomic E-state index is 13.3. The minimum absolute atomic E-state index is 0.171. The van der Waals surface area contributed by atoms with Crippen molar-refractivity contribution in [3.63, 3.8) is 0 Å². The van der Waals surface area contributed by atoms with Gasteiger partial charge in [0.1, 0.15) is 16.4 Å². The van der Waals surface area contributed by atoms with Crippen LogP contribution in [0.1, 0.15) is 47.2 Å². The number of nitrogens with one attached hydrogen (secondary N) is 2. The van der Waals surface area contributed by atoms with Crippen LogP contribution < -0.4 is 10.6 Å². The molecule has 0 saturated carbocycles. The molecule has 4 aromatic rings. The van der Waals surface area contributed by atoms with Gasteiger partial charge in [-0.2, -0.15) is 4.37 Å². The van der Waals surface area contributed by atoms with Crippen molar-refractivity contribution in [2.75, 3.05) is 36.8 Å². The first kappa shape index (κ1) is 28.0. The molecule has 2 N–H and O–H groups in total. The number of fused-ring (bicyclic) bond motifs is 1. The number of piperazine rings is 1. The van der Waals surface area contributed by atoms with Gasteiger partial charge in [-0.25, -0.2) is 9.78 Å². The van der Waals surface area contributed by atoms with Crippen LogP contribution >= 0.6 is 11.5 Å². The number of amides is 3. The van der Waals surface area contributed by atoms with Crippen molar-refractivity contribution in [1.82, 2.24) is 24.1 Å². The fourth-order valence-corrected chi connectivity index (χ4v) is 5.18. The van der Waals surface area contributed by atoms with Crippen LogP contribution in [0.25, 0.3) is 11.0 Å². The molecule has 1 aliphatic rings. The molecular formula is C29H31N7O4S. The van der Waals surface area contributed by atoms with Gasteiger partial charge in [-0.05, 0) is 69.6 Å². The van der Waals surface area contributed by atoms with Gasteiger partial charge in [-0.15, -0.1) is 0 Å². The quantitative estimate of drug-likeness (QED) is 0.338. The molecule has 1 aliphatic heterocycles. The Morgan fingerprint density at radius 2 is 1.66 bits per heavy atom. The van der Waals surface area contributed by atoms with Crippen LogP contribution in [0.5, 0.6) is 0 Å². The largest absolute Gasteiger partial charge is 0.444 e. The number of aryl methyl sites for hydroxylation is 1. The number of aromatic nitrogens is 3. The summed E-state index contributed by atoms with van der Waals surface area (Å²) in [4.78, 5) is 51.2. The number of hydrogen-bond acceptors (Lipinski definition) is 9. The van der Waals surface area contributed by atoms with Crippen LogP contribution in [0, 0.1) is 6.92 Å². The van der Waals surface area contributed by atoms with Gasteiger partial charge in [0.15, 0.2) is 0 Å². The molecule has 0 unspecified atom stereocenters. The second-order valence-electron chi connectivity index (χ2n) is 10.6. The van der Waals surface area contributed by atoms with Gasteiger partial charge in [0, 0.05) is 37.4 Å². The minimum Gasteiger partial charge on any atom is -0.444 e. The van der Waals surface area contributed by atoms with Gasteiger partial charge in [0.25, 0.3) is 11.8 Å². The lowest BCUT2D eigenvalue weighted by Gasteiger charge is -2.35. The van der Waals surface area contributed by atoms with E-state index in [1.165, 1.54) is 0 Å². The highest BCUT2D eigenvalue weighted by Gasteiger charge is 2.28. The number of ether oxygens (including phenoxy) is 1. The average molecular weight is 574 g/mol. The van der Waals surface area contributed by atoms with E-state index in [4.69, 9.17) is 4.74 Å². The monoisotopic (exact) mass is 573 g/mol. The van der Waals surface area contributed by atoms with Crippen LogP contribution in [0.3, 0.4) is 0 Å². The third-order valence-corrected chi connectivity index (χ3v) is 7.22. The Hall–Kier alpha value is -4.58. The zero-order valence-corrected chi connectivity index (χ0v) is 24.1. The number of rotatable bonds is 5. The van der Waals surface area contributed by atoms with Gasteiger partial charge >= 0.3 is 6.09 Å². The fraction of sp³-hybridized carbons (Fsp3) is 0.310. The summed E-state index contributed by atoms with van der Waals surface area (Å²) in [5.74, 6) is -0.0283. The molecule has 2 aromatic heterocycles. The second-order valence-corrected chi connectivity index (χ2v) is 11.4. The normalized spacial score (nSPS) is 13.7. The smallest absolute Gasteiger partial charge is 0.410 e. The number of hydrogen-bond donors (Lipinski definition) is 2. The maximum Gasteiger partial charge on any atom is 0.410 e. The summed E-state index contributed by atoms with van der Waals surface area (Å²) in [5.41, 5.74) is 2.81.